The number of amides is 2. The maximum Gasteiger partial charge on any atom is 0.333 e. The zero-order valence-electron chi connectivity index (χ0n) is 10.4. The number of hydrogen-bond acceptors (Lipinski definition) is 3. The zero-order valence-corrected chi connectivity index (χ0v) is 10.4. The van der Waals surface area contributed by atoms with Gasteiger partial charge in [0.05, 0.1) is 11.4 Å². The Labute approximate surface area is 111 Å². The molecule has 0 bridgehead atoms. The lowest BCUT2D eigenvalue weighted by Crippen LogP contribution is -2.46. The Kier molecular flexibility index (Phi) is 4.00. The van der Waals surface area contributed by atoms with E-state index >= 15 is 0 Å². The molecule has 0 unspecified atom stereocenters. The van der Waals surface area contributed by atoms with Gasteiger partial charge in [0.25, 0.3) is 0 Å². The van der Waals surface area contributed by atoms with Gasteiger partial charge in [-0.15, -0.1) is 0 Å². The Balaban J connectivity index is 2.14. The number of benzene rings is 2. The van der Waals surface area contributed by atoms with Crippen LogP contribution in [0.2, 0.25) is 0 Å². The summed E-state index contributed by atoms with van der Waals surface area (Å²) in [5.41, 5.74) is 16.3. The van der Waals surface area contributed by atoms with E-state index < -0.39 is 6.03 Å². The van der Waals surface area contributed by atoms with Crippen molar-refractivity contribution in [2.45, 2.75) is 6.54 Å². The van der Waals surface area contributed by atoms with E-state index in [0.29, 0.717) is 17.9 Å². The minimum Gasteiger partial charge on any atom is -0.397 e. The number of urea groups is 1. The quantitative estimate of drug-likeness (QED) is 0.576. The highest BCUT2D eigenvalue weighted by Gasteiger charge is 2.14. The Morgan fingerprint density at radius 1 is 1.05 bits per heavy atom. The van der Waals surface area contributed by atoms with Gasteiger partial charge in [-0.25, -0.2) is 15.2 Å². The molecular formula is C14H16N4O. The zero-order chi connectivity index (χ0) is 13.7. The van der Waals surface area contributed by atoms with Crippen LogP contribution in [0.1, 0.15) is 5.56 Å². The van der Waals surface area contributed by atoms with Crippen molar-refractivity contribution >= 4 is 17.4 Å². The molecule has 0 heterocycles. The molecule has 0 atom stereocenters. The number of para-hydroxylation sites is 2. The van der Waals surface area contributed by atoms with Crippen LogP contribution >= 0.6 is 0 Å². The topological polar surface area (TPSA) is 84.4 Å². The summed E-state index contributed by atoms with van der Waals surface area (Å²) in [7, 11) is 0. The molecule has 2 amide bonds. The Bertz CT molecular complexity index is 556. The van der Waals surface area contributed by atoms with Gasteiger partial charge in [-0.3, -0.25) is 0 Å². The largest absolute Gasteiger partial charge is 0.397 e. The molecule has 19 heavy (non-hydrogen) atoms. The molecule has 0 radical (unpaired) electrons. The smallest absolute Gasteiger partial charge is 0.333 e. The standard InChI is InChI=1S/C14H16N4O/c15-12-8-4-5-9-13(12)18(14(16)19)17-10-11-6-2-1-3-7-11/h1-9,17H,10,15H2,(H2,16,19). The average Bonchev–Trinajstić information content (AvgIpc) is 2.42. The summed E-state index contributed by atoms with van der Waals surface area (Å²) in [4.78, 5) is 11.5. The van der Waals surface area contributed by atoms with Crippen LogP contribution in [0, 0.1) is 0 Å². The van der Waals surface area contributed by atoms with E-state index in [4.69, 9.17) is 11.5 Å². The van der Waals surface area contributed by atoms with Crippen molar-refractivity contribution < 1.29 is 4.79 Å². The molecule has 2 aromatic carbocycles. The monoisotopic (exact) mass is 256 g/mol. The third kappa shape index (κ3) is 3.23. The highest BCUT2D eigenvalue weighted by atomic mass is 16.2. The van der Waals surface area contributed by atoms with Crippen LogP contribution in [0.15, 0.2) is 54.6 Å². The van der Waals surface area contributed by atoms with Crippen molar-refractivity contribution in [1.29, 1.82) is 0 Å². The van der Waals surface area contributed by atoms with Crippen LogP contribution in [0.25, 0.3) is 0 Å². The van der Waals surface area contributed by atoms with E-state index in [-0.39, 0.29) is 0 Å². The first-order valence-corrected chi connectivity index (χ1v) is 5.90. The lowest BCUT2D eigenvalue weighted by Gasteiger charge is -2.22. The summed E-state index contributed by atoms with van der Waals surface area (Å²) < 4.78 is 0. The number of carbonyl (C=O) groups is 1. The number of hydrazine groups is 1. The van der Waals surface area contributed by atoms with E-state index in [1.54, 1.807) is 24.3 Å². The number of nitrogens with zero attached hydrogens (tertiary/aromatic N) is 1. The minimum absolute atomic E-state index is 0.484. The number of carbonyl (C=O) groups excluding carboxylic acids is 1. The predicted octanol–water partition coefficient (Wildman–Crippen LogP) is 1.86. The fourth-order valence-corrected chi connectivity index (χ4v) is 1.74. The second-order valence-corrected chi connectivity index (χ2v) is 4.05. The number of anilines is 2. The first-order chi connectivity index (χ1) is 9.18. The number of rotatable bonds is 4. The van der Waals surface area contributed by atoms with Crippen molar-refractivity contribution in [2.24, 2.45) is 5.73 Å². The van der Waals surface area contributed by atoms with E-state index in [0.717, 1.165) is 5.56 Å². The summed E-state index contributed by atoms with van der Waals surface area (Å²) in [6.07, 6.45) is 0. The maximum atomic E-state index is 11.5. The van der Waals surface area contributed by atoms with Crippen LogP contribution in [-0.4, -0.2) is 6.03 Å². The fraction of sp³-hybridized carbons (Fsp3) is 0.0714. The van der Waals surface area contributed by atoms with Crippen molar-refractivity contribution in [3.05, 3.63) is 60.2 Å². The second kappa shape index (κ2) is 5.88. The van der Waals surface area contributed by atoms with Crippen molar-refractivity contribution in [1.82, 2.24) is 5.43 Å². The normalized spacial score (nSPS) is 10.1. The molecule has 2 aromatic rings. The van der Waals surface area contributed by atoms with E-state index in [1.165, 1.54) is 5.01 Å². The Morgan fingerprint density at radius 3 is 2.32 bits per heavy atom. The highest BCUT2D eigenvalue weighted by molar-refractivity contribution is 5.93. The van der Waals surface area contributed by atoms with Crippen LogP contribution in [0.4, 0.5) is 16.2 Å². The van der Waals surface area contributed by atoms with Gasteiger partial charge in [0, 0.05) is 6.54 Å². The van der Waals surface area contributed by atoms with Crippen molar-refractivity contribution in [3.63, 3.8) is 0 Å². The van der Waals surface area contributed by atoms with E-state index in [9.17, 15) is 4.79 Å². The molecule has 5 heteroatoms. The van der Waals surface area contributed by atoms with Crippen LogP contribution in [0.3, 0.4) is 0 Å². The van der Waals surface area contributed by atoms with Gasteiger partial charge < -0.3 is 11.5 Å². The van der Waals surface area contributed by atoms with Gasteiger partial charge in [-0.1, -0.05) is 42.5 Å². The van der Waals surface area contributed by atoms with Crippen LogP contribution < -0.4 is 21.9 Å². The summed E-state index contributed by atoms with van der Waals surface area (Å²) in [6.45, 7) is 0.484. The van der Waals surface area contributed by atoms with Gasteiger partial charge in [0.2, 0.25) is 0 Å². The summed E-state index contributed by atoms with van der Waals surface area (Å²) >= 11 is 0. The molecule has 2 rings (SSSR count). The lowest BCUT2D eigenvalue weighted by atomic mass is 10.2. The second-order valence-electron chi connectivity index (χ2n) is 4.05. The Hall–Kier alpha value is -2.53. The van der Waals surface area contributed by atoms with Gasteiger partial charge in [-0.2, -0.15) is 0 Å². The molecule has 0 fully saturated rings. The van der Waals surface area contributed by atoms with Crippen molar-refractivity contribution in [3.8, 4) is 0 Å². The Morgan fingerprint density at radius 2 is 1.68 bits per heavy atom. The summed E-state index contributed by atoms with van der Waals surface area (Å²) in [6, 6.07) is 16.2. The third-order valence-electron chi connectivity index (χ3n) is 2.68. The molecule has 0 aliphatic rings. The summed E-state index contributed by atoms with van der Waals surface area (Å²) in [5, 5.41) is 1.25. The van der Waals surface area contributed by atoms with Gasteiger partial charge in [0.15, 0.2) is 0 Å². The number of hydrogen-bond donors (Lipinski definition) is 3. The fourth-order valence-electron chi connectivity index (χ4n) is 1.74. The first-order valence-electron chi connectivity index (χ1n) is 5.90. The van der Waals surface area contributed by atoms with Crippen molar-refractivity contribution in [2.75, 3.05) is 10.7 Å². The van der Waals surface area contributed by atoms with E-state index in [2.05, 4.69) is 5.43 Å². The summed E-state index contributed by atoms with van der Waals surface area (Å²) in [5.74, 6) is 0. The molecule has 0 aromatic heterocycles. The lowest BCUT2D eigenvalue weighted by molar-refractivity contribution is 0.251. The number of nitrogen functional groups attached to an aromatic ring is 1. The minimum atomic E-state index is -0.603. The number of nitrogens with two attached hydrogens (primary N) is 2. The van der Waals surface area contributed by atoms with Gasteiger partial charge in [-0.05, 0) is 17.7 Å². The molecule has 0 saturated carbocycles. The predicted molar refractivity (Wildman–Crippen MR) is 76.2 cm³/mol. The molecule has 5 nitrogen and oxygen atoms in total. The molecule has 0 aliphatic carbocycles. The van der Waals surface area contributed by atoms with Gasteiger partial charge in [0.1, 0.15) is 0 Å². The highest BCUT2D eigenvalue weighted by Crippen LogP contribution is 2.20. The van der Waals surface area contributed by atoms with Gasteiger partial charge >= 0.3 is 6.03 Å². The maximum absolute atomic E-state index is 11.5. The van der Waals surface area contributed by atoms with E-state index in [1.807, 2.05) is 30.3 Å². The number of primary amides is 1. The van der Waals surface area contributed by atoms with Crippen LogP contribution in [0.5, 0.6) is 0 Å². The average molecular weight is 256 g/mol. The third-order valence-corrected chi connectivity index (χ3v) is 2.68. The molecule has 5 N–H and O–H groups in total. The number of nitrogens with one attached hydrogen (secondary N) is 1. The molecular weight excluding hydrogens is 240 g/mol. The molecule has 0 aliphatic heterocycles. The molecule has 0 spiro atoms. The first kappa shape index (κ1) is 12.9. The molecule has 98 valence electrons. The molecule has 0 saturated heterocycles. The van der Waals surface area contributed by atoms with Crippen LogP contribution in [-0.2, 0) is 6.54 Å². The SMILES string of the molecule is NC(=O)N(NCc1ccccc1)c1ccccc1N.